The summed E-state index contributed by atoms with van der Waals surface area (Å²) < 4.78 is 11.0. The maximum atomic E-state index is 5.95. The van der Waals surface area contributed by atoms with Crippen LogP contribution in [0, 0.1) is 0 Å². The van der Waals surface area contributed by atoms with Crippen molar-refractivity contribution in [2.24, 2.45) is 4.99 Å². The molecule has 0 aromatic heterocycles. The molecule has 0 saturated carbocycles. The van der Waals surface area contributed by atoms with Gasteiger partial charge >= 0.3 is 0 Å². The highest BCUT2D eigenvalue weighted by Gasteiger charge is 2.21. The Balaban J connectivity index is 2.20. The van der Waals surface area contributed by atoms with Crippen molar-refractivity contribution in [3.05, 3.63) is 0 Å². The minimum Gasteiger partial charge on any atom is -0.385 e. The van der Waals surface area contributed by atoms with E-state index in [1.807, 2.05) is 7.05 Å². The van der Waals surface area contributed by atoms with E-state index in [9.17, 15) is 0 Å². The van der Waals surface area contributed by atoms with Gasteiger partial charge in [-0.3, -0.25) is 4.99 Å². The Morgan fingerprint density at radius 1 is 1.08 bits per heavy atom. The summed E-state index contributed by atoms with van der Waals surface area (Å²) in [4.78, 5) is 9.41. The van der Waals surface area contributed by atoms with Crippen molar-refractivity contribution in [1.29, 1.82) is 0 Å². The molecule has 0 bridgehead atoms. The number of nitrogens with one attached hydrogen (secondary N) is 1. The van der Waals surface area contributed by atoms with Gasteiger partial charge in [-0.2, -0.15) is 0 Å². The molecule has 1 aliphatic rings. The smallest absolute Gasteiger partial charge is 0.193 e. The summed E-state index contributed by atoms with van der Waals surface area (Å²) in [5.41, 5.74) is 0. The lowest BCUT2D eigenvalue weighted by Gasteiger charge is -2.34. The first-order valence-electron chi connectivity index (χ1n) is 10.5. The molecular weight excluding hydrogens is 328 g/mol. The molecule has 154 valence electrons. The molecule has 1 N–H and O–H groups in total. The van der Waals surface area contributed by atoms with Gasteiger partial charge in [0.05, 0.1) is 6.10 Å². The van der Waals surface area contributed by atoms with Crippen molar-refractivity contribution < 1.29 is 9.47 Å². The van der Waals surface area contributed by atoms with Gasteiger partial charge in [0.2, 0.25) is 0 Å². The maximum Gasteiger partial charge on any atom is 0.193 e. The third-order valence-electron chi connectivity index (χ3n) is 4.81. The molecule has 1 heterocycles. The molecular formula is C20H42N4O2. The average Bonchev–Trinajstić information content (AvgIpc) is 2.66. The van der Waals surface area contributed by atoms with Crippen molar-refractivity contribution in [2.45, 2.75) is 58.5 Å². The molecule has 1 fully saturated rings. The Bertz CT molecular complexity index is 352. The number of nitrogens with zero attached hydrogens (tertiary/aromatic N) is 3. The zero-order valence-electron chi connectivity index (χ0n) is 17.6. The van der Waals surface area contributed by atoms with E-state index in [2.05, 4.69) is 34.0 Å². The largest absolute Gasteiger partial charge is 0.385 e. The highest BCUT2D eigenvalue weighted by Crippen LogP contribution is 2.14. The van der Waals surface area contributed by atoms with E-state index in [1.54, 1.807) is 7.11 Å². The third kappa shape index (κ3) is 9.74. The predicted molar refractivity (Wildman–Crippen MR) is 110 cm³/mol. The molecule has 6 heteroatoms. The van der Waals surface area contributed by atoms with E-state index in [-0.39, 0.29) is 0 Å². The molecule has 1 aliphatic heterocycles. The fourth-order valence-corrected chi connectivity index (χ4v) is 3.49. The number of aliphatic imine (C=N–C) groups is 1. The number of hydrogen-bond acceptors (Lipinski definition) is 4. The Hall–Kier alpha value is -0.850. The second-order valence-corrected chi connectivity index (χ2v) is 7.07. The van der Waals surface area contributed by atoms with Crippen molar-refractivity contribution in [3.8, 4) is 0 Å². The second-order valence-electron chi connectivity index (χ2n) is 7.07. The summed E-state index contributed by atoms with van der Waals surface area (Å²) in [6.07, 6.45) is 7.15. The van der Waals surface area contributed by atoms with Crippen molar-refractivity contribution in [2.75, 3.05) is 66.6 Å². The molecule has 0 unspecified atom stereocenters. The van der Waals surface area contributed by atoms with Crippen molar-refractivity contribution in [1.82, 2.24) is 15.1 Å². The average molecular weight is 371 g/mol. The molecule has 0 atom stereocenters. The summed E-state index contributed by atoms with van der Waals surface area (Å²) in [5, 5.41) is 3.55. The zero-order chi connectivity index (χ0) is 19.0. The minimum absolute atomic E-state index is 0.387. The van der Waals surface area contributed by atoms with Gasteiger partial charge in [-0.05, 0) is 58.2 Å². The summed E-state index contributed by atoms with van der Waals surface area (Å²) >= 11 is 0. The van der Waals surface area contributed by atoms with Gasteiger partial charge in [0.15, 0.2) is 5.96 Å². The SMILES string of the molecule is CCCN(CCC)CCCNC(=NC)N1CCC(OCCCOC)CC1. The summed E-state index contributed by atoms with van der Waals surface area (Å²) in [6, 6.07) is 0. The lowest BCUT2D eigenvalue weighted by atomic mass is 10.1. The van der Waals surface area contributed by atoms with Gasteiger partial charge in [-0.1, -0.05) is 13.8 Å². The standard InChI is InChI=1S/C20H42N4O2/c1-5-12-23(13-6-2)14-7-11-22-20(21-3)24-15-9-19(10-16-24)26-18-8-17-25-4/h19H,5-18H2,1-4H3,(H,21,22). The van der Waals surface area contributed by atoms with Gasteiger partial charge in [0, 0.05) is 47.0 Å². The van der Waals surface area contributed by atoms with Crippen LogP contribution in [0.4, 0.5) is 0 Å². The molecule has 26 heavy (non-hydrogen) atoms. The summed E-state index contributed by atoms with van der Waals surface area (Å²) in [5.74, 6) is 1.04. The quantitative estimate of drug-likeness (QED) is 0.307. The summed E-state index contributed by atoms with van der Waals surface area (Å²) in [6.45, 7) is 12.7. The number of likely N-dealkylation sites (tertiary alicyclic amines) is 1. The minimum atomic E-state index is 0.387. The first kappa shape index (κ1) is 23.2. The number of hydrogen-bond donors (Lipinski definition) is 1. The summed E-state index contributed by atoms with van der Waals surface area (Å²) in [7, 11) is 3.62. The van der Waals surface area contributed by atoms with Crippen LogP contribution in [0.5, 0.6) is 0 Å². The van der Waals surface area contributed by atoms with Gasteiger partial charge < -0.3 is 24.6 Å². The Morgan fingerprint density at radius 3 is 2.35 bits per heavy atom. The monoisotopic (exact) mass is 370 g/mol. The topological polar surface area (TPSA) is 49.3 Å². The normalized spacial score (nSPS) is 16.5. The Labute approximate surface area is 161 Å². The van der Waals surface area contributed by atoms with Gasteiger partial charge in [0.1, 0.15) is 0 Å². The fraction of sp³-hybridized carbons (Fsp3) is 0.950. The van der Waals surface area contributed by atoms with Crippen LogP contribution in [-0.4, -0.2) is 88.5 Å². The molecule has 0 radical (unpaired) electrons. The number of methoxy groups -OCH3 is 1. The fourth-order valence-electron chi connectivity index (χ4n) is 3.49. The van der Waals surface area contributed by atoms with E-state index < -0.39 is 0 Å². The molecule has 0 aromatic rings. The van der Waals surface area contributed by atoms with E-state index in [0.29, 0.717) is 6.10 Å². The highest BCUT2D eigenvalue weighted by atomic mass is 16.5. The van der Waals surface area contributed by atoms with Crippen molar-refractivity contribution in [3.63, 3.8) is 0 Å². The predicted octanol–water partition coefficient (Wildman–Crippen LogP) is 2.59. The van der Waals surface area contributed by atoms with E-state index >= 15 is 0 Å². The van der Waals surface area contributed by atoms with Crippen LogP contribution in [0.3, 0.4) is 0 Å². The Morgan fingerprint density at radius 2 is 1.77 bits per heavy atom. The first-order valence-corrected chi connectivity index (χ1v) is 10.5. The lowest BCUT2D eigenvalue weighted by molar-refractivity contribution is 0.00991. The van der Waals surface area contributed by atoms with Crippen molar-refractivity contribution >= 4 is 5.96 Å². The third-order valence-corrected chi connectivity index (χ3v) is 4.81. The zero-order valence-corrected chi connectivity index (χ0v) is 17.6. The number of guanidine groups is 1. The van der Waals surface area contributed by atoms with Crippen LogP contribution in [0.15, 0.2) is 4.99 Å². The van der Waals surface area contributed by atoms with Crippen LogP contribution in [0.1, 0.15) is 52.4 Å². The molecule has 0 aromatic carbocycles. The maximum absolute atomic E-state index is 5.95. The number of piperidine rings is 1. The molecule has 0 spiro atoms. The van der Waals surface area contributed by atoms with Crippen LogP contribution >= 0.6 is 0 Å². The van der Waals surface area contributed by atoms with E-state index in [4.69, 9.17) is 9.47 Å². The Kier molecular flexibility index (Phi) is 13.6. The molecule has 0 aliphatic carbocycles. The molecule has 1 saturated heterocycles. The second kappa shape index (κ2) is 15.2. The van der Waals surface area contributed by atoms with Crippen LogP contribution in [0.2, 0.25) is 0 Å². The van der Waals surface area contributed by atoms with E-state index in [1.165, 1.54) is 32.5 Å². The molecule has 6 nitrogen and oxygen atoms in total. The van der Waals surface area contributed by atoms with Gasteiger partial charge in [-0.15, -0.1) is 0 Å². The highest BCUT2D eigenvalue weighted by molar-refractivity contribution is 5.79. The van der Waals surface area contributed by atoms with E-state index in [0.717, 1.165) is 64.5 Å². The molecule has 1 rings (SSSR count). The number of ether oxygens (including phenoxy) is 2. The van der Waals surface area contributed by atoms with Gasteiger partial charge in [0.25, 0.3) is 0 Å². The van der Waals surface area contributed by atoms with Crippen LogP contribution in [0.25, 0.3) is 0 Å². The number of rotatable bonds is 13. The van der Waals surface area contributed by atoms with Crippen LogP contribution < -0.4 is 5.32 Å². The molecule has 0 amide bonds. The first-order chi connectivity index (χ1) is 12.7. The lowest BCUT2D eigenvalue weighted by Crippen LogP contribution is -2.47. The van der Waals surface area contributed by atoms with Crippen LogP contribution in [-0.2, 0) is 9.47 Å². The van der Waals surface area contributed by atoms with Gasteiger partial charge in [-0.25, -0.2) is 0 Å².